The minimum absolute atomic E-state index is 0.0549. The molecule has 1 aromatic rings. The number of carbonyl (C=O) groups excluding carboxylic acids is 1. The van der Waals surface area contributed by atoms with Gasteiger partial charge in [-0.1, -0.05) is 31.2 Å². The molecule has 1 saturated heterocycles. The van der Waals surface area contributed by atoms with E-state index in [1.807, 2.05) is 24.3 Å². The number of aliphatic carboxylic acids is 1. The number of nitrogens with zero attached hydrogens (tertiary/aromatic N) is 2. The summed E-state index contributed by atoms with van der Waals surface area (Å²) in [5.74, 6) is -1.29. The molecule has 1 aliphatic heterocycles. The maximum Gasteiger partial charge on any atom is 0.318 e. The summed E-state index contributed by atoms with van der Waals surface area (Å²) in [6.45, 7) is 2.28. The van der Waals surface area contributed by atoms with Crippen molar-refractivity contribution in [3.63, 3.8) is 0 Å². The first kappa shape index (κ1) is 21.3. The molecular formula is C18H26N2O6S. The lowest BCUT2D eigenvalue weighted by atomic mass is 10.1. The van der Waals surface area contributed by atoms with Gasteiger partial charge < -0.3 is 14.7 Å². The Kier molecular flexibility index (Phi) is 7.34. The molecule has 0 aromatic heterocycles. The Morgan fingerprint density at radius 2 is 2.04 bits per heavy atom. The average Bonchev–Trinajstić information content (AvgIpc) is 2.60. The number of sulfonamides is 1. The minimum atomic E-state index is -3.68. The Hall–Kier alpha value is -1.97. The predicted octanol–water partition coefficient (Wildman–Crippen LogP) is 0.365. The van der Waals surface area contributed by atoms with E-state index in [9.17, 15) is 18.0 Å². The number of carboxylic acid groups (broad SMARTS) is 1. The van der Waals surface area contributed by atoms with E-state index in [0.29, 0.717) is 6.54 Å². The highest BCUT2D eigenvalue weighted by Gasteiger charge is 2.29. The fraction of sp³-hybridized carbons (Fsp3) is 0.556. The molecule has 0 spiro atoms. The van der Waals surface area contributed by atoms with E-state index in [1.165, 1.54) is 0 Å². The van der Waals surface area contributed by atoms with Crippen molar-refractivity contribution in [2.24, 2.45) is 0 Å². The number of amides is 1. The summed E-state index contributed by atoms with van der Waals surface area (Å²) < 4.78 is 30.0. The molecule has 9 heteroatoms. The van der Waals surface area contributed by atoms with Gasteiger partial charge in [0.25, 0.3) is 0 Å². The molecule has 0 saturated carbocycles. The van der Waals surface area contributed by atoms with Crippen molar-refractivity contribution in [1.29, 1.82) is 0 Å². The Balaban J connectivity index is 1.99. The van der Waals surface area contributed by atoms with E-state index < -0.39 is 28.6 Å². The SMILES string of the molecule is CCc1cccc(CC(=O)N2CCOC(CN(CC(=O)O)S(C)(=O)=O)C2)c1. The molecule has 1 aromatic carbocycles. The number of hydrogen-bond acceptors (Lipinski definition) is 5. The molecule has 150 valence electrons. The smallest absolute Gasteiger partial charge is 0.318 e. The van der Waals surface area contributed by atoms with Crippen molar-refractivity contribution < 1.29 is 27.9 Å². The predicted molar refractivity (Wildman–Crippen MR) is 99.9 cm³/mol. The van der Waals surface area contributed by atoms with Crippen LogP contribution in [0.1, 0.15) is 18.1 Å². The lowest BCUT2D eigenvalue weighted by Gasteiger charge is -2.35. The van der Waals surface area contributed by atoms with E-state index in [2.05, 4.69) is 6.92 Å². The zero-order valence-electron chi connectivity index (χ0n) is 15.6. The zero-order valence-corrected chi connectivity index (χ0v) is 16.4. The Morgan fingerprint density at radius 1 is 1.33 bits per heavy atom. The van der Waals surface area contributed by atoms with E-state index >= 15 is 0 Å². The van der Waals surface area contributed by atoms with Crippen LogP contribution in [0.15, 0.2) is 24.3 Å². The summed E-state index contributed by atoms with van der Waals surface area (Å²) in [4.78, 5) is 25.2. The highest BCUT2D eigenvalue weighted by molar-refractivity contribution is 7.88. The van der Waals surface area contributed by atoms with E-state index in [1.54, 1.807) is 4.90 Å². The van der Waals surface area contributed by atoms with Crippen LogP contribution in [-0.4, -0.2) is 79.8 Å². The Morgan fingerprint density at radius 3 is 2.67 bits per heavy atom. The van der Waals surface area contributed by atoms with Crippen molar-refractivity contribution in [2.45, 2.75) is 25.9 Å². The van der Waals surface area contributed by atoms with Crippen LogP contribution >= 0.6 is 0 Å². The summed E-state index contributed by atoms with van der Waals surface area (Å²) in [7, 11) is -3.68. The number of carbonyl (C=O) groups is 2. The van der Waals surface area contributed by atoms with Crippen LogP contribution in [0.3, 0.4) is 0 Å². The third-order valence-electron chi connectivity index (χ3n) is 4.43. The molecule has 0 aliphatic carbocycles. The Bertz CT molecular complexity index is 780. The molecule has 1 heterocycles. The van der Waals surface area contributed by atoms with Gasteiger partial charge in [0.15, 0.2) is 0 Å². The molecule has 0 radical (unpaired) electrons. The summed E-state index contributed by atoms with van der Waals surface area (Å²) in [6, 6.07) is 7.86. The molecule has 2 rings (SSSR count). The summed E-state index contributed by atoms with van der Waals surface area (Å²) in [6.07, 6.45) is 1.57. The zero-order chi connectivity index (χ0) is 20.0. The van der Waals surface area contributed by atoms with E-state index in [0.717, 1.165) is 28.1 Å². The second-order valence-corrected chi connectivity index (χ2v) is 8.61. The summed E-state index contributed by atoms with van der Waals surface area (Å²) in [5, 5.41) is 8.91. The number of carboxylic acids is 1. The van der Waals surface area contributed by atoms with Crippen LogP contribution in [0.5, 0.6) is 0 Å². The lowest BCUT2D eigenvalue weighted by Crippen LogP contribution is -2.51. The molecule has 1 unspecified atom stereocenters. The lowest BCUT2D eigenvalue weighted by molar-refractivity contribution is -0.140. The van der Waals surface area contributed by atoms with Crippen LogP contribution in [0.4, 0.5) is 0 Å². The number of hydrogen-bond donors (Lipinski definition) is 1. The second-order valence-electron chi connectivity index (χ2n) is 6.63. The summed E-state index contributed by atoms with van der Waals surface area (Å²) >= 11 is 0. The van der Waals surface area contributed by atoms with E-state index in [-0.39, 0.29) is 32.0 Å². The number of ether oxygens (including phenoxy) is 1. The molecule has 0 bridgehead atoms. The fourth-order valence-corrected chi connectivity index (χ4v) is 3.78. The van der Waals surface area contributed by atoms with Gasteiger partial charge in [0.05, 0.1) is 25.4 Å². The van der Waals surface area contributed by atoms with Crippen molar-refractivity contribution in [3.05, 3.63) is 35.4 Å². The van der Waals surface area contributed by atoms with Crippen LogP contribution in [0.2, 0.25) is 0 Å². The van der Waals surface area contributed by atoms with Gasteiger partial charge in [-0.05, 0) is 17.5 Å². The van der Waals surface area contributed by atoms with Crippen molar-refractivity contribution in [3.8, 4) is 0 Å². The van der Waals surface area contributed by atoms with Crippen LogP contribution in [-0.2, 0) is 37.2 Å². The van der Waals surface area contributed by atoms with Crippen LogP contribution < -0.4 is 0 Å². The van der Waals surface area contributed by atoms with Gasteiger partial charge in [0.1, 0.15) is 6.54 Å². The average molecular weight is 398 g/mol. The van der Waals surface area contributed by atoms with Crippen LogP contribution in [0.25, 0.3) is 0 Å². The number of benzene rings is 1. The third-order valence-corrected chi connectivity index (χ3v) is 5.65. The van der Waals surface area contributed by atoms with Gasteiger partial charge >= 0.3 is 5.97 Å². The topological polar surface area (TPSA) is 104 Å². The van der Waals surface area contributed by atoms with Crippen molar-refractivity contribution in [1.82, 2.24) is 9.21 Å². The second kappa shape index (κ2) is 9.29. The number of morpholine rings is 1. The van der Waals surface area contributed by atoms with Crippen molar-refractivity contribution >= 4 is 21.9 Å². The van der Waals surface area contributed by atoms with Gasteiger partial charge in [-0.15, -0.1) is 0 Å². The molecule has 1 atom stereocenters. The van der Waals surface area contributed by atoms with Gasteiger partial charge in [-0.25, -0.2) is 8.42 Å². The maximum atomic E-state index is 12.6. The first-order chi connectivity index (χ1) is 12.7. The molecule has 8 nitrogen and oxygen atoms in total. The molecule has 1 fully saturated rings. The van der Waals surface area contributed by atoms with Gasteiger partial charge in [-0.3, -0.25) is 9.59 Å². The number of rotatable bonds is 8. The normalized spacial score (nSPS) is 17.9. The van der Waals surface area contributed by atoms with Gasteiger partial charge in [0, 0.05) is 19.6 Å². The molecule has 27 heavy (non-hydrogen) atoms. The highest BCUT2D eigenvalue weighted by Crippen LogP contribution is 2.13. The number of aryl methyl sites for hydroxylation is 1. The third kappa shape index (κ3) is 6.60. The van der Waals surface area contributed by atoms with Gasteiger partial charge in [0.2, 0.25) is 15.9 Å². The molecule has 1 N–H and O–H groups in total. The largest absolute Gasteiger partial charge is 0.480 e. The Labute approximate surface area is 159 Å². The van der Waals surface area contributed by atoms with Crippen molar-refractivity contribution in [2.75, 3.05) is 39.0 Å². The minimum Gasteiger partial charge on any atom is -0.480 e. The maximum absolute atomic E-state index is 12.6. The monoisotopic (exact) mass is 398 g/mol. The highest BCUT2D eigenvalue weighted by atomic mass is 32.2. The van der Waals surface area contributed by atoms with E-state index in [4.69, 9.17) is 9.84 Å². The fourth-order valence-electron chi connectivity index (χ4n) is 3.00. The first-order valence-electron chi connectivity index (χ1n) is 8.83. The summed E-state index contributed by atoms with van der Waals surface area (Å²) in [5.41, 5.74) is 2.10. The molecule has 1 amide bonds. The van der Waals surface area contributed by atoms with Gasteiger partial charge in [-0.2, -0.15) is 4.31 Å². The quantitative estimate of drug-likeness (QED) is 0.678. The molecule has 1 aliphatic rings. The first-order valence-corrected chi connectivity index (χ1v) is 10.7. The molecular weight excluding hydrogens is 372 g/mol. The van der Waals surface area contributed by atoms with Crippen LogP contribution in [0, 0.1) is 0 Å². The standard InChI is InChI=1S/C18H26N2O6S/c1-3-14-5-4-6-15(9-14)10-17(21)19-7-8-26-16(11-19)12-20(13-18(22)23)27(2,24)25/h4-6,9,16H,3,7-8,10-13H2,1-2H3,(H,22,23).